The summed E-state index contributed by atoms with van der Waals surface area (Å²) in [6.45, 7) is 0.898. The van der Waals surface area contributed by atoms with Crippen molar-refractivity contribution in [1.29, 1.82) is 0 Å². The van der Waals surface area contributed by atoms with Crippen molar-refractivity contribution >= 4 is 15.7 Å². The smallest absolute Gasteiger partial charge is 0.226 e. The number of likely N-dealkylation sites (tertiary alicyclic amines) is 1. The van der Waals surface area contributed by atoms with Crippen LogP contribution in [0.5, 0.6) is 0 Å². The monoisotopic (exact) mass is 341 g/mol. The Kier molecular flexibility index (Phi) is 5.78. The van der Waals surface area contributed by atoms with E-state index in [2.05, 4.69) is 0 Å². The number of benzene rings is 1. The van der Waals surface area contributed by atoms with E-state index in [4.69, 9.17) is 5.11 Å². The molecule has 23 heavy (non-hydrogen) atoms. The van der Waals surface area contributed by atoms with Gasteiger partial charge in [-0.3, -0.25) is 4.79 Å². The summed E-state index contributed by atoms with van der Waals surface area (Å²) in [4.78, 5) is 14.3. The predicted octanol–water partition coefficient (Wildman–Crippen LogP) is 0.224. The Morgan fingerprint density at radius 2 is 1.83 bits per heavy atom. The van der Waals surface area contributed by atoms with Crippen LogP contribution >= 0.6 is 0 Å². The number of amides is 1. The number of sulfone groups is 1. The molecule has 0 aromatic heterocycles. The molecule has 128 valence electrons. The van der Waals surface area contributed by atoms with E-state index >= 15 is 0 Å². The van der Waals surface area contributed by atoms with Crippen molar-refractivity contribution in [2.75, 3.05) is 26.0 Å². The minimum atomic E-state index is -3.22. The van der Waals surface area contributed by atoms with Crippen LogP contribution in [0.3, 0.4) is 0 Å². The second-order valence-corrected chi connectivity index (χ2v) is 8.08. The molecule has 1 aromatic carbocycles. The third-order valence-corrected chi connectivity index (χ3v) is 5.46. The van der Waals surface area contributed by atoms with Crippen molar-refractivity contribution in [3.8, 4) is 0 Å². The molecule has 6 nitrogen and oxygen atoms in total. The average Bonchev–Trinajstić information content (AvgIpc) is 2.54. The van der Waals surface area contributed by atoms with Crippen LogP contribution in [-0.2, 0) is 21.1 Å². The minimum Gasteiger partial charge on any atom is -0.394 e. The molecule has 0 saturated carbocycles. The summed E-state index contributed by atoms with van der Waals surface area (Å²) >= 11 is 0. The van der Waals surface area contributed by atoms with Crippen LogP contribution in [0.25, 0.3) is 0 Å². The summed E-state index contributed by atoms with van der Waals surface area (Å²) in [7, 11) is -3.22. The second kappa shape index (κ2) is 7.42. The van der Waals surface area contributed by atoms with Crippen LogP contribution in [0.2, 0.25) is 0 Å². The van der Waals surface area contributed by atoms with Gasteiger partial charge in [-0.25, -0.2) is 8.42 Å². The summed E-state index contributed by atoms with van der Waals surface area (Å²) in [5.74, 6) is 0.0344. The third-order valence-electron chi connectivity index (χ3n) is 4.33. The van der Waals surface area contributed by atoms with E-state index in [1.807, 2.05) is 0 Å². The number of nitrogens with zero attached hydrogens (tertiary/aromatic N) is 1. The Labute approximate surface area is 136 Å². The summed E-state index contributed by atoms with van der Waals surface area (Å²) in [6, 6.07) is 6.36. The van der Waals surface area contributed by atoms with E-state index in [0.29, 0.717) is 25.9 Å². The molecular formula is C16H23NO5S. The zero-order valence-electron chi connectivity index (χ0n) is 13.2. The van der Waals surface area contributed by atoms with Crippen molar-refractivity contribution in [1.82, 2.24) is 4.90 Å². The van der Waals surface area contributed by atoms with E-state index in [-0.39, 0.29) is 29.7 Å². The van der Waals surface area contributed by atoms with Crippen molar-refractivity contribution in [2.24, 2.45) is 5.92 Å². The molecule has 1 saturated heterocycles. The Morgan fingerprint density at radius 3 is 2.30 bits per heavy atom. The highest BCUT2D eigenvalue weighted by Gasteiger charge is 2.26. The van der Waals surface area contributed by atoms with Gasteiger partial charge < -0.3 is 15.1 Å². The molecular weight excluding hydrogens is 318 g/mol. The van der Waals surface area contributed by atoms with Gasteiger partial charge in [-0.15, -0.1) is 0 Å². The van der Waals surface area contributed by atoms with Gasteiger partial charge in [0.2, 0.25) is 5.91 Å². The SMILES string of the molecule is CS(=O)(=O)c1ccc(CC(=O)N2CCC(C(O)CO)CC2)cc1. The van der Waals surface area contributed by atoms with Gasteiger partial charge in [0.05, 0.1) is 24.0 Å². The fraction of sp³-hybridized carbons (Fsp3) is 0.562. The lowest BCUT2D eigenvalue weighted by molar-refractivity contribution is -0.132. The molecule has 1 unspecified atom stereocenters. The van der Waals surface area contributed by atoms with E-state index in [1.54, 1.807) is 17.0 Å². The average molecular weight is 341 g/mol. The molecule has 7 heteroatoms. The number of hydrogen-bond acceptors (Lipinski definition) is 5. The van der Waals surface area contributed by atoms with Crippen molar-refractivity contribution < 1.29 is 23.4 Å². The van der Waals surface area contributed by atoms with Crippen molar-refractivity contribution in [3.63, 3.8) is 0 Å². The fourth-order valence-electron chi connectivity index (χ4n) is 2.82. The summed E-state index contributed by atoms with van der Waals surface area (Å²) in [6.07, 6.45) is 2.03. The van der Waals surface area contributed by atoms with Gasteiger partial charge in [0.15, 0.2) is 9.84 Å². The molecule has 1 aliphatic rings. The molecule has 2 N–H and O–H groups in total. The van der Waals surface area contributed by atoms with E-state index in [1.165, 1.54) is 12.1 Å². The molecule has 1 heterocycles. The maximum Gasteiger partial charge on any atom is 0.226 e. The molecule has 0 bridgehead atoms. The van der Waals surface area contributed by atoms with E-state index in [9.17, 15) is 18.3 Å². The normalized spacial score (nSPS) is 18.0. The third kappa shape index (κ3) is 4.76. The molecule has 1 amide bonds. The largest absolute Gasteiger partial charge is 0.394 e. The van der Waals surface area contributed by atoms with Gasteiger partial charge in [0, 0.05) is 19.3 Å². The summed E-state index contributed by atoms with van der Waals surface area (Å²) in [5, 5.41) is 18.6. The highest BCUT2D eigenvalue weighted by atomic mass is 32.2. The lowest BCUT2D eigenvalue weighted by Gasteiger charge is -2.33. The number of rotatable bonds is 5. The number of carbonyl (C=O) groups excluding carboxylic acids is 1. The van der Waals surface area contributed by atoms with Crippen LogP contribution in [0, 0.1) is 5.92 Å². The molecule has 1 aliphatic heterocycles. The molecule has 0 radical (unpaired) electrons. The quantitative estimate of drug-likeness (QED) is 0.799. The van der Waals surface area contributed by atoms with Gasteiger partial charge in [-0.2, -0.15) is 0 Å². The lowest BCUT2D eigenvalue weighted by Crippen LogP contribution is -2.42. The molecule has 1 aromatic rings. The lowest BCUT2D eigenvalue weighted by atomic mass is 9.91. The Hall–Kier alpha value is -1.44. The Balaban J connectivity index is 1.90. The summed E-state index contributed by atoms with van der Waals surface area (Å²) in [5.41, 5.74) is 0.778. The first kappa shape index (κ1) is 17.9. The van der Waals surface area contributed by atoms with Crippen LogP contribution in [-0.4, -0.2) is 61.5 Å². The number of hydrogen-bond donors (Lipinski definition) is 2. The van der Waals surface area contributed by atoms with Crippen LogP contribution in [0.1, 0.15) is 18.4 Å². The van der Waals surface area contributed by atoms with Crippen molar-refractivity contribution in [3.05, 3.63) is 29.8 Å². The predicted molar refractivity (Wildman–Crippen MR) is 85.7 cm³/mol. The van der Waals surface area contributed by atoms with Gasteiger partial charge in [-0.05, 0) is 36.5 Å². The summed E-state index contributed by atoms with van der Waals surface area (Å²) < 4.78 is 22.8. The first-order valence-electron chi connectivity index (χ1n) is 7.67. The Morgan fingerprint density at radius 1 is 1.26 bits per heavy atom. The van der Waals surface area contributed by atoms with Crippen LogP contribution in [0.4, 0.5) is 0 Å². The van der Waals surface area contributed by atoms with E-state index < -0.39 is 15.9 Å². The highest BCUT2D eigenvalue weighted by molar-refractivity contribution is 7.90. The minimum absolute atomic E-state index is 0.00551. The van der Waals surface area contributed by atoms with Crippen LogP contribution < -0.4 is 0 Å². The first-order chi connectivity index (χ1) is 10.8. The zero-order chi connectivity index (χ0) is 17.0. The zero-order valence-corrected chi connectivity index (χ0v) is 14.0. The molecule has 0 spiro atoms. The molecule has 2 rings (SSSR count). The number of aliphatic hydroxyl groups excluding tert-OH is 2. The maximum absolute atomic E-state index is 12.3. The van der Waals surface area contributed by atoms with Crippen molar-refractivity contribution in [2.45, 2.75) is 30.3 Å². The topological polar surface area (TPSA) is 94.9 Å². The van der Waals surface area contributed by atoms with Gasteiger partial charge in [0.25, 0.3) is 0 Å². The second-order valence-electron chi connectivity index (χ2n) is 6.06. The Bertz CT molecular complexity index is 633. The standard InChI is InChI=1S/C16H23NO5S/c1-23(21,22)14-4-2-12(3-5-14)10-16(20)17-8-6-13(7-9-17)15(19)11-18/h2-5,13,15,18-19H,6-11H2,1H3. The maximum atomic E-state index is 12.3. The number of piperidine rings is 1. The highest BCUT2D eigenvalue weighted by Crippen LogP contribution is 2.21. The van der Waals surface area contributed by atoms with Gasteiger partial charge in [-0.1, -0.05) is 12.1 Å². The van der Waals surface area contributed by atoms with E-state index in [0.717, 1.165) is 11.8 Å². The molecule has 1 fully saturated rings. The first-order valence-corrected chi connectivity index (χ1v) is 9.56. The van der Waals surface area contributed by atoms with Gasteiger partial charge in [0.1, 0.15) is 0 Å². The van der Waals surface area contributed by atoms with Crippen LogP contribution in [0.15, 0.2) is 29.2 Å². The number of aliphatic hydroxyl groups is 2. The molecule has 1 atom stereocenters. The molecule has 0 aliphatic carbocycles. The fourth-order valence-corrected chi connectivity index (χ4v) is 3.45. The van der Waals surface area contributed by atoms with Gasteiger partial charge >= 0.3 is 0 Å². The number of carbonyl (C=O) groups is 1.